The second-order valence-corrected chi connectivity index (χ2v) is 7.38. The molecule has 3 aromatic rings. The van der Waals surface area contributed by atoms with E-state index in [0.29, 0.717) is 21.9 Å². The maximum atomic E-state index is 12.5. The van der Waals surface area contributed by atoms with E-state index in [0.717, 1.165) is 40.7 Å². The molecule has 2 heterocycles. The van der Waals surface area contributed by atoms with Gasteiger partial charge >= 0.3 is 0 Å². The Morgan fingerprint density at radius 3 is 2.96 bits per heavy atom. The average Bonchev–Trinajstić information content (AvgIpc) is 3.28. The van der Waals surface area contributed by atoms with Crippen LogP contribution in [0.5, 0.6) is 5.75 Å². The van der Waals surface area contributed by atoms with Crippen LogP contribution >= 0.6 is 11.3 Å². The fraction of sp³-hybridized carbons (Fsp3) is 0.263. The summed E-state index contributed by atoms with van der Waals surface area (Å²) in [5.74, 6) is 0.00792. The number of fused-ring (bicyclic) bond motifs is 2. The lowest BCUT2D eigenvalue weighted by Crippen LogP contribution is -2.18. The van der Waals surface area contributed by atoms with E-state index < -0.39 is 5.91 Å². The minimum Gasteiger partial charge on any atom is -0.497 e. The monoisotopic (exact) mass is 370 g/mol. The van der Waals surface area contributed by atoms with E-state index in [1.165, 1.54) is 11.3 Å². The molecule has 0 bridgehead atoms. The van der Waals surface area contributed by atoms with Gasteiger partial charge < -0.3 is 20.2 Å². The summed E-state index contributed by atoms with van der Waals surface area (Å²) in [6, 6.07) is 5.48. The molecule has 2 amide bonds. The molecule has 2 aromatic heterocycles. The molecule has 7 heteroatoms. The van der Waals surface area contributed by atoms with Gasteiger partial charge in [0.2, 0.25) is 5.91 Å². The van der Waals surface area contributed by atoms with Crippen molar-refractivity contribution in [2.45, 2.75) is 25.7 Å². The lowest BCUT2D eigenvalue weighted by molar-refractivity contribution is -0.115. The van der Waals surface area contributed by atoms with Crippen molar-refractivity contribution in [1.82, 2.24) is 0 Å². The topological polar surface area (TPSA) is 94.6 Å². The number of nitrogens with one attached hydrogen (secondary N) is 1. The molecular formula is C19H18N2O4S. The van der Waals surface area contributed by atoms with Gasteiger partial charge in [0.25, 0.3) is 5.91 Å². The Balaban J connectivity index is 1.56. The van der Waals surface area contributed by atoms with E-state index in [4.69, 9.17) is 14.9 Å². The Bertz CT molecular complexity index is 1020. The lowest BCUT2D eigenvalue weighted by atomic mass is 10.1. The van der Waals surface area contributed by atoms with Gasteiger partial charge in [-0.25, -0.2) is 0 Å². The van der Waals surface area contributed by atoms with Crippen LogP contribution in [0.25, 0.3) is 11.0 Å². The quantitative estimate of drug-likeness (QED) is 0.721. The minimum absolute atomic E-state index is 0.153. The van der Waals surface area contributed by atoms with Crippen LogP contribution in [-0.4, -0.2) is 18.9 Å². The third-order valence-electron chi connectivity index (χ3n) is 4.63. The van der Waals surface area contributed by atoms with E-state index in [-0.39, 0.29) is 12.3 Å². The van der Waals surface area contributed by atoms with Crippen molar-refractivity contribution in [3.63, 3.8) is 0 Å². The van der Waals surface area contributed by atoms with Gasteiger partial charge in [-0.15, -0.1) is 11.3 Å². The van der Waals surface area contributed by atoms with Gasteiger partial charge in [-0.2, -0.15) is 0 Å². The first-order valence-corrected chi connectivity index (χ1v) is 9.16. The Morgan fingerprint density at radius 2 is 2.19 bits per heavy atom. The second kappa shape index (κ2) is 6.49. The van der Waals surface area contributed by atoms with Gasteiger partial charge in [0.1, 0.15) is 16.3 Å². The van der Waals surface area contributed by atoms with E-state index in [2.05, 4.69) is 5.32 Å². The molecule has 6 nitrogen and oxygen atoms in total. The molecule has 4 rings (SSSR count). The number of rotatable bonds is 5. The van der Waals surface area contributed by atoms with Crippen molar-refractivity contribution in [1.29, 1.82) is 0 Å². The van der Waals surface area contributed by atoms with Crippen LogP contribution in [0.15, 0.2) is 28.9 Å². The first-order valence-electron chi connectivity index (χ1n) is 8.35. The standard InChI is InChI=1S/C19H18N2O4S/c1-24-11-5-6-12-10(9-25-14(12)8-11)7-16(22)21-19-17(18(20)23)13-3-2-4-15(13)26-19/h5-6,8-9H,2-4,7H2,1H3,(H2,20,23)(H,21,22). The fourth-order valence-electron chi connectivity index (χ4n) is 3.42. The largest absolute Gasteiger partial charge is 0.497 e. The third-order valence-corrected chi connectivity index (χ3v) is 5.84. The Hall–Kier alpha value is -2.80. The highest BCUT2D eigenvalue weighted by Gasteiger charge is 2.26. The molecule has 1 aliphatic carbocycles. The Labute approximate surface area is 153 Å². The highest BCUT2D eigenvalue weighted by Crippen LogP contribution is 2.39. The number of benzene rings is 1. The number of carbonyl (C=O) groups is 2. The summed E-state index contributed by atoms with van der Waals surface area (Å²) < 4.78 is 10.7. The molecule has 26 heavy (non-hydrogen) atoms. The molecule has 1 aromatic carbocycles. The Kier molecular flexibility index (Phi) is 4.16. The number of furan rings is 1. The zero-order chi connectivity index (χ0) is 18.3. The summed E-state index contributed by atoms with van der Waals surface area (Å²) in [5.41, 5.74) is 8.45. The molecule has 0 saturated heterocycles. The van der Waals surface area contributed by atoms with Crippen LogP contribution in [0.2, 0.25) is 0 Å². The number of carbonyl (C=O) groups excluding carboxylic acids is 2. The number of primary amides is 1. The molecule has 0 atom stereocenters. The van der Waals surface area contributed by atoms with Crippen LogP contribution in [0.3, 0.4) is 0 Å². The predicted molar refractivity (Wildman–Crippen MR) is 100.0 cm³/mol. The number of nitrogens with two attached hydrogens (primary N) is 1. The number of methoxy groups -OCH3 is 1. The van der Waals surface area contributed by atoms with Crippen molar-refractivity contribution in [2.24, 2.45) is 5.73 Å². The van der Waals surface area contributed by atoms with Crippen LogP contribution < -0.4 is 15.8 Å². The molecule has 1 aliphatic rings. The molecule has 0 unspecified atom stereocenters. The summed E-state index contributed by atoms with van der Waals surface area (Å²) >= 11 is 1.45. The SMILES string of the molecule is COc1ccc2c(CC(=O)Nc3sc4c(c3C(N)=O)CCC4)coc2c1. The normalized spacial score (nSPS) is 13.0. The van der Waals surface area contributed by atoms with Crippen molar-refractivity contribution < 1.29 is 18.7 Å². The summed E-state index contributed by atoms with van der Waals surface area (Å²) in [6.07, 6.45) is 4.53. The number of aryl methyl sites for hydroxylation is 1. The Morgan fingerprint density at radius 1 is 1.35 bits per heavy atom. The van der Waals surface area contributed by atoms with Gasteiger partial charge in [0.05, 0.1) is 25.4 Å². The molecule has 0 saturated carbocycles. The predicted octanol–water partition coefficient (Wildman–Crippen LogP) is 3.27. The number of amides is 2. The van der Waals surface area contributed by atoms with Crippen molar-refractivity contribution in [3.05, 3.63) is 46.0 Å². The molecule has 3 N–H and O–H groups in total. The maximum absolute atomic E-state index is 12.5. The molecule has 0 aliphatic heterocycles. The first-order chi connectivity index (χ1) is 12.6. The zero-order valence-corrected chi connectivity index (χ0v) is 15.1. The van der Waals surface area contributed by atoms with Crippen LogP contribution in [-0.2, 0) is 24.1 Å². The van der Waals surface area contributed by atoms with E-state index in [9.17, 15) is 9.59 Å². The first kappa shape index (κ1) is 16.7. The van der Waals surface area contributed by atoms with Gasteiger partial charge in [-0.1, -0.05) is 0 Å². The molecule has 0 spiro atoms. The second-order valence-electron chi connectivity index (χ2n) is 6.27. The fourth-order valence-corrected chi connectivity index (χ4v) is 4.74. The van der Waals surface area contributed by atoms with Crippen molar-refractivity contribution in [2.75, 3.05) is 12.4 Å². The summed E-state index contributed by atoms with van der Waals surface area (Å²) in [6.45, 7) is 0. The van der Waals surface area contributed by atoms with Gasteiger partial charge in [-0.3, -0.25) is 9.59 Å². The van der Waals surface area contributed by atoms with E-state index in [1.54, 1.807) is 19.4 Å². The third kappa shape index (κ3) is 2.84. The molecule has 134 valence electrons. The van der Waals surface area contributed by atoms with Gasteiger partial charge in [0, 0.05) is 21.9 Å². The van der Waals surface area contributed by atoms with Crippen molar-refractivity contribution in [3.8, 4) is 5.75 Å². The van der Waals surface area contributed by atoms with Crippen LogP contribution in [0, 0.1) is 0 Å². The average molecular weight is 370 g/mol. The summed E-state index contributed by atoms with van der Waals surface area (Å²) in [7, 11) is 1.59. The minimum atomic E-state index is -0.486. The van der Waals surface area contributed by atoms with Crippen LogP contribution in [0.4, 0.5) is 5.00 Å². The maximum Gasteiger partial charge on any atom is 0.251 e. The number of ether oxygens (including phenoxy) is 1. The summed E-state index contributed by atoms with van der Waals surface area (Å²) in [5, 5.41) is 4.28. The smallest absolute Gasteiger partial charge is 0.251 e. The number of hydrogen-bond acceptors (Lipinski definition) is 5. The van der Waals surface area contributed by atoms with Crippen LogP contribution in [0.1, 0.15) is 32.8 Å². The molecule has 0 radical (unpaired) electrons. The number of thiophene rings is 1. The number of hydrogen-bond donors (Lipinski definition) is 2. The molecule has 0 fully saturated rings. The van der Waals surface area contributed by atoms with Crippen molar-refractivity contribution >= 4 is 39.1 Å². The van der Waals surface area contributed by atoms with E-state index in [1.807, 2.05) is 12.1 Å². The highest BCUT2D eigenvalue weighted by atomic mass is 32.1. The van der Waals surface area contributed by atoms with Gasteiger partial charge in [0.15, 0.2) is 0 Å². The van der Waals surface area contributed by atoms with E-state index >= 15 is 0 Å². The zero-order valence-electron chi connectivity index (χ0n) is 14.3. The summed E-state index contributed by atoms with van der Waals surface area (Å²) in [4.78, 5) is 25.5. The molecular weight excluding hydrogens is 352 g/mol. The highest BCUT2D eigenvalue weighted by molar-refractivity contribution is 7.17. The lowest BCUT2D eigenvalue weighted by Gasteiger charge is -2.05. The number of anilines is 1. The van der Waals surface area contributed by atoms with Gasteiger partial charge in [-0.05, 0) is 37.0 Å².